The van der Waals surface area contributed by atoms with Crippen LogP contribution in [0.1, 0.15) is 24.8 Å². The molecular weight excluding hydrogens is 381 g/mol. The predicted molar refractivity (Wildman–Crippen MR) is 105 cm³/mol. The topological polar surface area (TPSA) is 62.7 Å². The van der Waals surface area contributed by atoms with Crippen molar-refractivity contribution in [2.24, 2.45) is 0 Å². The number of hydrogen-bond acceptors (Lipinski definition) is 5. The number of nitrogens with zero attached hydrogens (tertiary/aromatic N) is 3. The van der Waals surface area contributed by atoms with Gasteiger partial charge in [0.15, 0.2) is 11.6 Å². The molecule has 0 saturated carbocycles. The highest BCUT2D eigenvalue weighted by molar-refractivity contribution is 7.89. The van der Waals surface area contributed by atoms with Crippen LogP contribution in [0.5, 0.6) is 5.75 Å². The summed E-state index contributed by atoms with van der Waals surface area (Å²) in [6.07, 6.45) is 4.35. The van der Waals surface area contributed by atoms with Gasteiger partial charge in [-0.05, 0) is 56.0 Å². The maximum atomic E-state index is 13.8. The number of rotatable bonds is 5. The van der Waals surface area contributed by atoms with Crippen molar-refractivity contribution in [2.75, 3.05) is 31.1 Å². The van der Waals surface area contributed by atoms with E-state index in [-0.39, 0.29) is 17.5 Å². The van der Waals surface area contributed by atoms with Gasteiger partial charge >= 0.3 is 0 Å². The Labute approximate surface area is 165 Å². The van der Waals surface area contributed by atoms with E-state index in [0.29, 0.717) is 24.3 Å². The summed E-state index contributed by atoms with van der Waals surface area (Å²) in [5.74, 6) is 0.996. The minimum atomic E-state index is -3.74. The molecule has 0 bridgehead atoms. The zero-order valence-electron chi connectivity index (χ0n) is 15.8. The molecule has 2 aliphatic heterocycles. The third-order valence-corrected chi connectivity index (χ3v) is 7.20. The predicted octanol–water partition coefficient (Wildman–Crippen LogP) is 2.97. The third-order valence-electron chi connectivity index (χ3n) is 5.34. The van der Waals surface area contributed by atoms with Crippen molar-refractivity contribution in [3.8, 4) is 5.75 Å². The number of aromatic nitrogens is 1. The van der Waals surface area contributed by atoms with Gasteiger partial charge in [-0.25, -0.2) is 17.8 Å². The van der Waals surface area contributed by atoms with Crippen molar-refractivity contribution in [1.82, 2.24) is 9.29 Å². The smallest absolute Gasteiger partial charge is 0.243 e. The monoisotopic (exact) mass is 405 g/mol. The van der Waals surface area contributed by atoms with E-state index in [0.717, 1.165) is 37.8 Å². The van der Waals surface area contributed by atoms with Crippen LogP contribution in [0, 0.1) is 12.7 Å². The Morgan fingerprint density at radius 2 is 1.96 bits per heavy atom. The van der Waals surface area contributed by atoms with Gasteiger partial charge in [0, 0.05) is 25.8 Å². The van der Waals surface area contributed by atoms with E-state index >= 15 is 0 Å². The Hall–Kier alpha value is -2.19. The van der Waals surface area contributed by atoms with E-state index in [9.17, 15) is 12.8 Å². The molecule has 1 aromatic carbocycles. The van der Waals surface area contributed by atoms with Crippen molar-refractivity contribution in [3.05, 3.63) is 47.9 Å². The molecule has 8 heteroatoms. The molecule has 4 rings (SSSR count). The van der Waals surface area contributed by atoms with Crippen LogP contribution < -0.4 is 9.64 Å². The first kappa shape index (κ1) is 19.1. The van der Waals surface area contributed by atoms with Gasteiger partial charge in [-0.15, -0.1) is 0 Å². The number of aryl methyl sites for hydroxylation is 1. The second kappa shape index (κ2) is 7.67. The zero-order chi connectivity index (χ0) is 19.7. The first-order valence-corrected chi connectivity index (χ1v) is 11.0. The minimum Gasteiger partial charge on any atom is -0.485 e. The normalized spacial score (nSPS) is 20.6. The highest BCUT2D eigenvalue weighted by Crippen LogP contribution is 2.31. The maximum Gasteiger partial charge on any atom is 0.243 e. The second-order valence-electron chi connectivity index (χ2n) is 7.32. The van der Waals surface area contributed by atoms with Gasteiger partial charge in [0.1, 0.15) is 11.9 Å². The first-order chi connectivity index (χ1) is 13.4. The van der Waals surface area contributed by atoms with E-state index in [1.54, 1.807) is 13.1 Å². The summed E-state index contributed by atoms with van der Waals surface area (Å²) in [5.41, 5.74) is 0.424. The minimum absolute atomic E-state index is 0.0182. The third kappa shape index (κ3) is 3.71. The van der Waals surface area contributed by atoms with Crippen LogP contribution in [0.3, 0.4) is 0 Å². The summed E-state index contributed by atoms with van der Waals surface area (Å²) >= 11 is 0. The standard InChI is InChI=1S/C20H24FN3O3S/c1-15-6-7-17(13-18(15)21)28(25,26)24-12-8-16(14-24)27-19-5-4-9-22-20(19)23-10-2-3-11-23/h4-7,9,13,16H,2-3,8,10-12,14H2,1H3/t16-/m1/s1. The molecule has 0 aliphatic carbocycles. The highest BCUT2D eigenvalue weighted by atomic mass is 32.2. The number of benzene rings is 1. The first-order valence-electron chi connectivity index (χ1n) is 9.58. The lowest BCUT2D eigenvalue weighted by Gasteiger charge is -2.22. The molecule has 1 aromatic heterocycles. The van der Waals surface area contributed by atoms with Gasteiger partial charge in [0.25, 0.3) is 0 Å². The van der Waals surface area contributed by atoms with Gasteiger partial charge in [-0.2, -0.15) is 4.31 Å². The lowest BCUT2D eigenvalue weighted by atomic mass is 10.2. The summed E-state index contributed by atoms with van der Waals surface area (Å²) in [6, 6.07) is 7.74. The van der Waals surface area contributed by atoms with Crippen molar-refractivity contribution in [1.29, 1.82) is 0 Å². The van der Waals surface area contributed by atoms with Gasteiger partial charge < -0.3 is 9.64 Å². The van der Waals surface area contributed by atoms with Crippen LogP contribution in [0.4, 0.5) is 10.2 Å². The van der Waals surface area contributed by atoms with Crippen molar-refractivity contribution < 1.29 is 17.5 Å². The van der Waals surface area contributed by atoms with Crippen LogP contribution in [0.25, 0.3) is 0 Å². The number of anilines is 1. The van der Waals surface area contributed by atoms with Crippen LogP contribution in [0.2, 0.25) is 0 Å². The molecular formula is C20H24FN3O3S. The molecule has 1 atom stereocenters. The number of halogens is 1. The Kier molecular flexibility index (Phi) is 5.25. The van der Waals surface area contributed by atoms with Gasteiger partial charge in [-0.3, -0.25) is 0 Å². The van der Waals surface area contributed by atoms with E-state index in [1.165, 1.54) is 16.4 Å². The van der Waals surface area contributed by atoms with Crippen molar-refractivity contribution in [2.45, 2.75) is 37.2 Å². The van der Waals surface area contributed by atoms with E-state index in [1.807, 2.05) is 12.1 Å². The largest absolute Gasteiger partial charge is 0.485 e. The summed E-state index contributed by atoms with van der Waals surface area (Å²) in [4.78, 5) is 6.65. The van der Waals surface area contributed by atoms with Crippen molar-refractivity contribution in [3.63, 3.8) is 0 Å². The molecule has 2 fully saturated rings. The second-order valence-corrected chi connectivity index (χ2v) is 9.26. The molecule has 2 aliphatic rings. The quantitative estimate of drug-likeness (QED) is 0.765. The fraction of sp³-hybridized carbons (Fsp3) is 0.450. The Morgan fingerprint density at radius 1 is 1.18 bits per heavy atom. The van der Waals surface area contributed by atoms with Crippen LogP contribution >= 0.6 is 0 Å². The van der Waals surface area contributed by atoms with E-state index < -0.39 is 15.8 Å². The summed E-state index contributed by atoms with van der Waals surface area (Å²) in [6.45, 7) is 4.11. The number of sulfonamides is 1. The molecule has 2 saturated heterocycles. The lowest BCUT2D eigenvalue weighted by Crippen LogP contribution is -2.31. The average molecular weight is 405 g/mol. The van der Waals surface area contributed by atoms with Crippen LogP contribution in [-0.4, -0.2) is 50.0 Å². The Balaban J connectivity index is 1.48. The zero-order valence-corrected chi connectivity index (χ0v) is 16.7. The lowest BCUT2D eigenvalue weighted by molar-refractivity contribution is 0.215. The van der Waals surface area contributed by atoms with Gasteiger partial charge in [0.05, 0.1) is 11.4 Å². The molecule has 28 heavy (non-hydrogen) atoms. The molecule has 0 unspecified atom stereocenters. The summed E-state index contributed by atoms with van der Waals surface area (Å²) in [5, 5.41) is 0. The Morgan fingerprint density at radius 3 is 2.71 bits per heavy atom. The van der Waals surface area contributed by atoms with Crippen LogP contribution in [0.15, 0.2) is 41.4 Å². The van der Waals surface area contributed by atoms with Gasteiger partial charge in [0.2, 0.25) is 10.0 Å². The number of pyridine rings is 1. The molecule has 2 aromatic rings. The number of ether oxygens (including phenoxy) is 1. The van der Waals surface area contributed by atoms with E-state index in [4.69, 9.17) is 4.74 Å². The molecule has 150 valence electrons. The molecule has 3 heterocycles. The van der Waals surface area contributed by atoms with E-state index in [2.05, 4.69) is 9.88 Å². The fourth-order valence-electron chi connectivity index (χ4n) is 3.72. The van der Waals surface area contributed by atoms with Crippen LogP contribution in [-0.2, 0) is 10.0 Å². The SMILES string of the molecule is Cc1ccc(S(=O)(=O)N2CC[C@@H](Oc3cccnc3N3CCCC3)C2)cc1F. The highest BCUT2D eigenvalue weighted by Gasteiger charge is 2.34. The molecule has 0 N–H and O–H groups in total. The molecule has 0 radical (unpaired) electrons. The molecule has 0 spiro atoms. The molecule has 0 amide bonds. The fourth-order valence-corrected chi connectivity index (χ4v) is 5.21. The van der Waals surface area contributed by atoms with Gasteiger partial charge in [-0.1, -0.05) is 6.07 Å². The summed E-state index contributed by atoms with van der Waals surface area (Å²) < 4.78 is 47.1. The Bertz CT molecular complexity index is 961. The molecule has 6 nitrogen and oxygen atoms in total. The maximum absolute atomic E-state index is 13.8. The van der Waals surface area contributed by atoms with Crippen molar-refractivity contribution >= 4 is 15.8 Å². The average Bonchev–Trinajstić information content (AvgIpc) is 3.37. The summed E-state index contributed by atoms with van der Waals surface area (Å²) in [7, 11) is -3.74. The number of hydrogen-bond donors (Lipinski definition) is 0.